The second-order valence-corrected chi connectivity index (χ2v) is 5.58. The summed E-state index contributed by atoms with van der Waals surface area (Å²) < 4.78 is 6.46. The summed E-state index contributed by atoms with van der Waals surface area (Å²) in [6.45, 7) is 0.709. The van der Waals surface area contributed by atoms with E-state index in [4.69, 9.17) is 4.74 Å². The molecule has 1 amide bonds. The van der Waals surface area contributed by atoms with Crippen LogP contribution in [0.4, 0.5) is 0 Å². The zero-order valence-electron chi connectivity index (χ0n) is 11.8. The average molecular weight is 349 g/mol. The maximum absolute atomic E-state index is 12.0. The number of ether oxygens (including phenoxy) is 1. The fourth-order valence-corrected chi connectivity index (χ4v) is 2.02. The molecule has 0 aliphatic carbocycles. The van der Waals surface area contributed by atoms with E-state index in [1.54, 1.807) is 24.3 Å². The van der Waals surface area contributed by atoms with Gasteiger partial charge in [-0.2, -0.15) is 0 Å². The van der Waals surface area contributed by atoms with Crippen LogP contribution in [0, 0.1) is 0 Å². The molecule has 0 saturated heterocycles. The van der Waals surface area contributed by atoms with Crippen LogP contribution >= 0.6 is 15.9 Å². The van der Waals surface area contributed by atoms with Crippen molar-refractivity contribution in [1.82, 2.24) is 9.88 Å². The maximum atomic E-state index is 12.0. The lowest BCUT2D eigenvalue weighted by molar-refractivity contribution is -0.132. The van der Waals surface area contributed by atoms with Crippen LogP contribution in [0.1, 0.15) is 5.56 Å². The SMILES string of the molecule is CN(CCc1ccncc1)C(=O)COc1ccc(Br)cc1. The molecule has 0 aliphatic heterocycles. The molecule has 21 heavy (non-hydrogen) atoms. The lowest BCUT2D eigenvalue weighted by Crippen LogP contribution is -2.33. The van der Waals surface area contributed by atoms with E-state index in [1.807, 2.05) is 36.4 Å². The van der Waals surface area contributed by atoms with Crippen molar-refractivity contribution in [1.29, 1.82) is 0 Å². The number of carbonyl (C=O) groups excluding carboxylic acids is 1. The third-order valence-electron chi connectivity index (χ3n) is 3.09. The highest BCUT2D eigenvalue weighted by atomic mass is 79.9. The van der Waals surface area contributed by atoms with Crippen LogP contribution in [0.25, 0.3) is 0 Å². The third-order valence-corrected chi connectivity index (χ3v) is 3.62. The van der Waals surface area contributed by atoms with Gasteiger partial charge >= 0.3 is 0 Å². The Bertz CT molecular complexity index is 573. The monoisotopic (exact) mass is 348 g/mol. The van der Waals surface area contributed by atoms with Gasteiger partial charge in [-0.15, -0.1) is 0 Å². The van der Waals surface area contributed by atoms with Crippen LogP contribution in [-0.4, -0.2) is 36.0 Å². The molecule has 1 heterocycles. The molecular formula is C16H17BrN2O2. The van der Waals surface area contributed by atoms with Crippen molar-refractivity contribution in [3.05, 3.63) is 58.8 Å². The van der Waals surface area contributed by atoms with Crippen molar-refractivity contribution in [2.24, 2.45) is 0 Å². The highest BCUT2D eigenvalue weighted by Crippen LogP contribution is 2.16. The lowest BCUT2D eigenvalue weighted by Gasteiger charge is -2.17. The first-order valence-electron chi connectivity index (χ1n) is 6.66. The number of halogens is 1. The number of pyridine rings is 1. The van der Waals surface area contributed by atoms with Gasteiger partial charge in [-0.05, 0) is 48.4 Å². The molecule has 2 rings (SSSR count). The average Bonchev–Trinajstić information content (AvgIpc) is 2.52. The number of aromatic nitrogens is 1. The van der Waals surface area contributed by atoms with Crippen molar-refractivity contribution < 1.29 is 9.53 Å². The van der Waals surface area contributed by atoms with Gasteiger partial charge in [0.2, 0.25) is 0 Å². The van der Waals surface area contributed by atoms with Gasteiger partial charge in [-0.1, -0.05) is 15.9 Å². The summed E-state index contributed by atoms with van der Waals surface area (Å²) in [5.41, 5.74) is 1.17. The number of nitrogens with zero attached hydrogens (tertiary/aromatic N) is 2. The quantitative estimate of drug-likeness (QED) is 0.805. The van der Waals surface area contributed by atoms with Crippen LogP contribution < -0.4 is 4.74 Å². The van der Waals surface area contributed by atoms with E-state index in [-0.39, 0.29) is 12.5 Å². The second-order valence-electron chi connectivity index (χ2n) is 4.66. The highest BCUT2D eigenvalue weighted by Gasteiger charge is 2.09. The molecular weight excluding hydrogens is 332 g/mol. The number of amides is 1. The van der Waals surface area contributed by atoms with Gasteiger partial charge in [-0.25, -0.2) is 0 Å². The summed E-state index contributed by atoms with van der Waals surface area (Å²) in [7, 11) is 1.79. The summed E-state index contributed by atoms with van der Waals surface area (Å²) in [6, 6.07) is 11.3. The molecule has 0 N–H and O–H groups in total. The predicted octanol–water partition coefficient (Wildman–Crippen LogP) is 2.92. The first-order valence-corrected chi connectivity index (χ1v) is 7.45. The van der Waals surface area contributed by atoms with E-state index in [2.05, 4.69) is 20.9 Å². The van der Waals surface area contributed by atoms with E-state index in [9.17, 15) is 4.79 Å². The molecule has 110 valence electrons. The molecule has 0 saturated carbocycles. The molecule has 1 aromatic heterocycles. The van der Waals surface area contributed by atoms with Crippen LogP contribution in [0.15, 0.2) is 53.3 Å². The van der Waals surface area contributed by atoms with Crippen LogP contribution in [0.2, 0.25) is 0 Å². The summed E-state index contributed by atoms with van der Waals surface area (Å²) in [5, 5.41) is 0. The minimum Gasteiger partial charge on any atom is -0.484 e. The lowest BCUT2D eigenvalue weighted by atomic mass is 10.2. The normalized spacial score (nSPS) is 10.2. The molecule has 1 aromatic carbocycles. The first kappa shape index (κ1) is 15.5. The molecule has 2 aromatic rings. The van der Waals surface area contributed by atoms with E-state index >= 15 is 0 Å². The fourth-order valence-electron chi connectivity index (χ4n) is 1.76. The molecule has 4 nitrogen and oxygen atoms in total. The van der Waals surface area contributed by atoms with Crippen molar-refractivity contribution in [2.75, 3.05) is 20.2 Å². The number of benzene rings is 1. The van der Waals surface area contributed by atoms with Crippen molar-refractivity contribution in [3.63, 3.8) is 0 Å². The van der Waals surface area contributed by atoms with Crippen molar-refractivity contribution in [3.8, 4) is 5.75 Å². The second kappa shape index (κ2) is 7.78. The Hall–Kier alpha value is -1.88. The van der Waals surface area contributed by atoms with Gasteiger partial charge in [0.25, 0.3) is 5.91 Å². The summed E-state index contributed by atoms with van der Waals surface area (Å²) in [6.07, 6.45) is 4.32. The van der Waals surface area contributed by atoms with Crippen molar-refractivity contribution in [2.45, 2.75) is 6.42 Å². The minimum atomic E-state index is -0.0352. The topological polar surface area (TPSA) is 42.4 Å². The number of rotatable bonds is 6. The molecule has 0 atom stereocenters. The van der Waals surface area contributed by atoms with Crippen molar-refractivity contribution >= 4 is 21.8 Å². The molecule has 0 fully saturated rings. The Morgan fingerprint density at radius 1 is 1.19 bits per heavy atom. The van der Waals surface area contributed by atoms with E-state index in [0.717, 1.165) is 10.9 Å². The van der Waals surface area contributed by atoms with Gasteiger partial charge in [0.05, 0.1) is 0 Å². The number of hydrogen-bond donors (Lipinski definition) is 0. The standard InChI is InChI=1S/C16H17BrN2O2/c1-19(11-8-13-6-9-18-10-7-13)16(20)12-21-15-4-2-14(17)3-5-15/h2-7,9-10H,8,11-12H2,1H3. The van der Waals surface area contributed by atoms with Crippen LogP contribution in [0.3, 0.4) is 0 Å². The molecule has 0 unspecified atom stereocenters. The van der Waals surface area contributed by atoms with Gasteiger partial charge in [0.1, 0.15) is 5.75 Å². The zero-order chi connectivity index (χ0) is 15.1. The molecule has 0 aliphatic rings. The Labute approximate surface area is 132 Å². The number of carbonyl (C=O) groups is 1. The van der Waals surface area contributed by atoms with E-state index < -0.39 is 0 Å². The van der Waals surface area contributed by atoms with Gasteiger partial charge in [0.15, 0.2) is 6.61 Å². The maximum Gasteiger partial charge on any atom is 0.260 e. The zero-order valence-corrected chi connectivity index (χ0v) is 13.4. The summed E-state index contributed by atoms with van der Waals surface area (Å²) >= 11 is 3.36. The fraction of sp³-hybridized carbons (Fsp3) is 0.250. The Balaban J connectivity index is 1.76. The molecule has 0 bridgehead atoms. The van der Waals surface area contributed by atoms with Crippen LogP contribution in [-0.2, 0) is 11.2 Å². The molecule has 0 spiro atoms. The summed E-state index contributed by atoms with van der Waals surface area (Å²) in [5.74, 6) is 0.654. The largest absolute Gasteiger partial charge is 0.484 e. The smallest absolute Gasteiger partial charge is 0.260 e. The third kappa shape index (κ3) is 5.19. The summed E-state index contributed by atoms with van der Waals surface area (Å²) in [4.78, 5) is 17.6. The predicted molar refractivity (Wildman–Crippen MR) is 85.2 cm³/mol. The van der Waals surface area contributed by atoms with Crippen LogP contribution in [0.5, 0.6) is 5.75 Å². The van der Waals surface area contributed by atoms with Gasteiger partial charge in [-0.3, -0.25) is 9.78 Å². The Morgan fingerprint density at radius 2 is 1.86 bits per heavy atom. The van der Waals surface area contributed by atoms with Gasteiger partial charge < -0.3 is 9.64 Å². The number of hydrogen-bond acceptors (Lipinski definition) is 3. The van der Waals surface area contributed by atoms with Gasteiger partial charge in [0, 0.05) is 30.5 Å². The minimum absolute atomic E-state index is 0.0352. The number of likely N-dealkylation sites (N-methyl/N-ethyl adjacent to an activating group) is 1. The first-order chi connectivity index (χ1) is 10.1. The molecule has 5 heteroatoms. The highest BCUT2D eigenvalue weighted by molar-refractivity contribution is 9.10. The Kier molecular flexibility index (Phi) is 5.75. The Morgan fingerprint density at radius 3 is 2.52 bits per heavy atom. The van der Waals surface area contributed by atoms with E-state index in [0.29, 0.717) is 12.3 Å². The van der Waals surface area contributed by atoms with E-state index in [1.165, 1.54) is 5.56 Å². The molecule has 0 radical (unpaired) electrons.